The van der Waals surface area contributed by atoms with Crippen molar-refractivity contribution in [2.24, 2.45) is 5.41 Å². The van der Waals surface area contributed by atoms with Crippen LogP contribution in [0.1, 0.15) is 13.8 Å². The van der Waals surface area contributed by atoms with E-state index in [2.05, 4.69) is 11.4 Å². The van der Waals surface area contributed by atoms with E-state index in [1.165, 1.54) is 19.2 Å². The molecule has 0 aliphatic heterocycles. The average Bonchev–Trinajstić information content (AvgIpc) is 2.27. The molecule has 1 aromatic rings. The lowest BCUT2D eigenvalue weighted by molar-refractivity contribution is 0.414. The molecule has 0 atom stereocenters. The number of ether oxygens (including phenoxy) is 1. The number of halogens is 1. The summed E-state index contributed by atoms with van der Waals surface area (Å²) in [5, 5.41) is 11.9. The van der Waals surface area contributed by atoms with E-state index in [1.54, 1.807) is 6.07 Å². The van der Waals surface area contributed by atoms with Crippen molar-refractivity contribution < 1.29 is 9.13 Å². The lowest BCUT2D eigenvalue weighted by Gasteiger charge is -2.18. The highest BCUT2D eigenvalue weighted by atomic mass is 19.1. The molecule has 0 aromatic heterocycles. The summed E-state index contributed by atoms with van der Waals surface area (Å²) in [6.07, 6.45) is 0. The molecule has 0 aliphatic carbocycles. The highest BCUT2D eigenvalue weighted by Crippen LogP contribution is 2.26. The van der Waals surface area contributed by atoms with Crippen LogP contribution in [0, 0.1) is 22.6 Å². The third-order valence-corrected chi connectivity index (χ3v) is 2.18. The third kappa shape index (κ3) is 3.13. The Morgan fingerprint density at radius 3 is 2.75 bits per heavy atom. The molecule has 86 valence electrons. The number of benzene rings is 1. The highest BCUT2D eigenvalue weighted by molar-refractivity contribution is 5.56. The summed E-state index contributed by atoms with van der Waals surface area (Å²) >= 11 is 0. The lowest BCUT2D eigenvalue weighted by Crippen LogP contribution is -2.21. The second-order valence-corrected chi connectivity index (χ2v) is 4.19. The predicted molar refractivity (Wildman–Crippen MR) is 60.8 cm³/mol. The summed E-state index contributed by atoms with van der Waals surface area (Å²) < 4.78 is 18.1. The quantitative estimate of drug-likeness (QED) is 0.852. The molecule has 16 heavy (non-hydrogen) atoms. The minimum absolute atomic E-state index is 0.335. The summed E-state index contributed by atoms with van der Waals surface area (Å²) in [4.78, 5) is 0. The van der Waals surface area contributed by atoms with Gasteiger partial charge in [0.05, 0.1) is 24.3 Å². The number of anilines is 1. The van der Waals surface area contributed by atoms with Crippen LogP contribution < -0.4 is 10.1 Å². The molecule has 0 saturated carbocycles. The third-order valence-electron chi connectivity index (χ3n) is 2.18. The molecule has 0 amide bonds. The monoisotopic (exact) mass is 222 g/mol. The molecule has 0 fully saturated rings. The van der Waals surface area contributed by atoms with Gasteiger partial charge in [-0.3, -0.25) is 0 Å². The summed E-state index contributed by atoms with van der Waals surface area (Å²) in [7, 11) is 1.52. The fraction of sp³-hybridized carbons (Fsp3) is 0.417. The molecule has 1 aromatic carbocycles. The summed E-state index contributed by atoms with van der Waals surface area (Å²) in [6, 6.07) is 6.41. The number of rotatable bonds is 4. The van der Waals surface area contributed by atoms with Gasteiger partial charge in [0.1, 0.15) is 11.6 Å². The van der Waals surface area contributed by atoms with Crippen LogP contribution >= 0.6 is 0 Å². The van der Waals surface area contributed by atoms with Gasteiger partial charge in [0.2, 0.25) is 0 Å². The highest BCUT2D eigenvalue weighted by Gasteiger charge is 2.17. The van der Waals surface area contributed by atoms with Gasteiger partial charge in [0.25, 0.3) is 0 Å². The maximum absolute atomic E-state index is 13.0. The Hall–Kier alpha value is -1.76. The Kier molecular flexibility index (Phi) is 3.73. The first-order valence-electron chi connectivity index (χ1n) is 4.97. The zero-order valence-electron chi connectivity index (χ0n) is 9.67. The molecular formula is C12H15FN2O. The zero-order chi connectivity index (χ0) is 12.2. The first-order chi connectivity index (χ1) is 7.48. The van der Waals surface area contributed by atoms with Crippen molar-refractivity contribution >= 4 is 5.69 Å². The van der Waals surface area contributed by atoms with E-state index in [4.69, 9.17) is 10.00 Å². The average molecular weight is 222 g/mol. The van der Waals surface area contributed by atoms with Gasteiger partial charge >= 0.3 is 0 Å². The predicted octanol–water partition coefficient (Wildman–Crippen LogP) is 2.80. The molecular weight excluding hydrogens is 207 g/mol. The maximum atomic E-state index is 13.0. The Balaban J connectivity index is 2.81. The molecule has 0 saturated heterocycles. The van der Waals surface area contributed by atoms with Gasteiger partial charge in [-0.05, 0) is 26.0 Å². The van der Waals surface area contributed by atoms with Gasteiger partial charge in [-0.2, -0.15) is 5.26 Å². The number of nitriles is 1. The van der Waals surface area contributed by atoms with Crippen LogP contribution in [-0.2, 0) is 0 Å². The normalized spacial score (nSPS) is 10.7. The molecule has 0 aliphatic rings. The van der Waals surface area contributed by atoms with Crippen LogP contribution in [0.15, 0.2) is 18.2 Å². The van der Waals surface area contributed by atoms with Gasteiger partial charge in [-0.25, -0.2) is 4.39 Å². The zero-order valence-corrected chi connectivity index (χ0v) is 9.67. The lowest BCUT2D eigenvalue weighted by atomic mass is 9.96. The Bertz CT molecular complexity index is 410. The minimum atomic E-state index is -0.503. The van der Waals surface area contributed by atoms with Crippen molar-refractivity contribution in [1.29, 1.82) is 5.26 Å². The molecule has 0 radical (unpaired) electrons. The molecule has 3 nitrogen and oxygen atoms in total. The number of hydrogen-bond acceptors (Lipinski definition) is 3. The fourth-order valence-corrected chi connectivity index (χ4v) is 1.17. The van der Waals surface area contributed by atoms with Crippen LogP contribution in [0.3, 0.4) is 0 Å². The first kappa shape index (κ1) is 12.3. The van der Waals surface area contributed by atoms with E-state index in [0.29, 0.717) is 18.0 Å². The number of hydrogen-bond donors (Lipinski definition) is 1. The van der Waals surface area contributed by atoms with E-state index < -0.39 is 5.41 Å². The van der Waals surface area contributed by atoms with E-state index in [-0.39, 0.29) is 5.82 Å². The van der Waals surface area contributed by atoms with Crippen molar-refractivity contribution in [3.8, 4) is 11.8 Å². The standard InChI is InChI=1S/C12H15FN2O/c1-12(2,7-14)8-15-10-6-9(13)4-5-11(10)16-3/h4-6,15H,8H2,1-3H3. The Morgan fingerprint density at radius 1 is 1.50 bits per heavy atom. The fourth-order valence-electron chi connectivity index (χ4n) is 1.17. The van der Waals surface area contributed by atoms with Crippen LogP contribution in [0.4, 0.5) is 10.1 Å². The summed E-state index contributed by atoms with van der Waals surface area (Å²) in [6.45, 7) is 4.06. The minimum Gasteiger partial charge on any atom is -0.495 e. The number of methoxy groups -OCH3 is 1. The number of nitrogens with one attached hydrogen (secondary N) is 1. The molecule has 1 rings (SSSR count). The van der Waals surface area contributed by atoms with Crippen molar-refractivity contribution in [3.05, 3.63) is 24.0 Å². The van der Waals surface area contributed by atoms with E-state index in [1.807, 2.05) is 13.8 Å². The van der Waals surface area contributed by atoms with Crippen molar-refractivity contribution in [3.63, 3.8) is 0 Å². The van der Waals surface area contributed by atoms with Crippen molar-refractivity contribution in [2.45, 2.75) is 13.8 Å². The van der Waals surface area contributed by atoms with Crippen LogP contribution in [0.2, 0.25) is 0 Å². The molecule has 0 bridgehead atoms. The largest absolute Gasteiger partial charge is 0.495 e. The molecule has 0 spiro atoms. The topological polar surface area (TPSA) is 45.0 Å². The van der Waals surface area contributed by atoms with Crippen LogP contribution in [0.25, 0.3) is 0 Å². The van der Waals surface area contributed by atoms with E-state index in [9.17, 15) is 4.39 Å². The molecule has 1 N–H and O–H groups in total. The number of nitrogens with zero attached hydrogens (tertiary/aromatic N) is 1. The second-order valence-electron chi connectivity index (χ2n) is 4.19. The van der Waals surface area contributed by atoms with Gasteiger partial charge in [-0.15, -0.1) is 0 Å². The van der Waals surface area contributed by atoms with Gasteiger partial charge < -0.3 is 10.1 Å². The summed E-state index contributed by atoms with van der Waals surface area (Å²) in [5.74, 6) is 0.230. The van der Waals surface area contributed by atoms with Crippen molar-refractivity contribution in [1.82, 2.24) is 0 Å². The molecule has 0 unspecified atom stereocenters. The van der Waals surface area contributed by atoms with E-state index in [0.717, 1.165) is 0 Å². The second kappa shape index (κ2) is 4.84. The molecule has 0 heterocycles. The van der Waals surface area contributed by atoms with Crippen LogP contribution in [0.5, 0.6) is 5.75 Å². The SMILES string of the molecule is COc1ccc(F)cc1NCC(C)(C)C#N. The van der Waals surface area contributed by atoms with Gasteiger partial charge in [0.15, 0.2) is 0 Å². The van der Waals surface area contributed by atoms with Crippen molar-refractivity contribution in [2.75, 3.05) is 19.0 Å². The smallest absolute Gasteiger partial charge is 0.142 e. The summed E-state index contributed by atoms with van der Waals surface area (Å²) in [5.41, 5.74) is 0.0583. The van der Waals surface area contributed by atoms with E-state index >= 15 is 0 Å². The maximum Gasteiger partial charge on any atom is 0.142 e. The van der Waals surface area contributed by atoms with Gasteiger partial charge in [-0.1, -0.05) is 0 Å². The molecule has 4 heteroatoms. The van der Waals surface area contributed by atoms with Gasteiger partial charge in [0, 0.05) is 12.6 Å². The first-order valence-corrected chi connectivity index (χ1v) is 4.97. The Labute approximate surface area is 94.8 Å². The van der Waals surface area contributed by atoms with Crippen LogP contribution in [-0.4, -0.2) is 13.7 Å². The Morgan fingerprint density at radius 2 is 2.19 bits per heavy atom.